The highest BCUT2D eigenvalue weighted by Gasteiger charge is 2.32. The molecule has 0 bridgehead atoms. The first kappa shape index (κ1) is 23.5. The van der Waals surface area contributed by atoms with Crippen LogP contribution < -0.4 is 9.80 Å². The fourth-order valence-corrected chi connectivity index (χ4v) is 5.65. The Morgan fingerprint density at radius 1 is 0.892 bits per heavy atom. The van der Waals surface area contributed by atoms with E-state index in [0.29, 0.717) is 6.54 Å². The van der Waals surface area contributed by atoms with Crippen LogP contribution in [0.4, 0.5) is 11.5 Å². The monoisotopic (exact) mass is 494 g/mol. The summed E-state index contributed by atoms with van der Waals surface area (Å²) in [4.78, 5) is 25.0. The Kier molecular flexibility index (Phi) is 6.28. The molecule has 1 atom stereocenters. The summed E-state index contributed by atoms with van der Waals surface area (Å²) < 4.78 is 1.92. The topological polar surface area (TPSA) is 57.0 Å². The Hall–Kier alpha value is -3.87. The first-order valence-electron chi connectivity index (χ1n) is 13.3. The highest BCUT2D eigenvalue weighted by atomic mass is 16.2. The summed E-state index contributed by atoms with van der Waals surface area (Å²) in [6.07, 6.45) is 5.64. The van der Waals surface area contributed by atoms with Crippen LogP contribution in [0.3, 0.4) is 0 Å². The lowest BCUT2D eigenvalue weighted by Gasteiger charge is -2.40. The summed E-state index contributed by atoms with van der Waals surface area (Å²) in [5.41, 5.74) is 6.81. The molecule has 2 aromatic carbocycles. The molecule has 2 aromatic heterocycles. The number of amides is 1. The molecule has 37 heavy (non-hydrogen) atoms. The van der Waals surface area contributed by atoms with Crippen molar-refractivity contribution < 1.29 is 4.79 Å². The van der Waals surface area contributed by atoms with Crippen LogP contribution in [0.2, 0.25) is 0 Å². The Morgan fingerprint density at radius 2 is 1.70 bits per heavy atom. The van der Waals surface area contributed by atoms with Crippen molar-refractivity contribution in [3.63, 3.8) is 0 Å². The van der Waals surface area contributed by atoms with Crippen LogP contribution in [-0.4, -0.2) is 64.7 Å². The van der Waals surface area contributed by atoms with Crippen LogP contribution in [-0.2, 0) is 4.79 Å². The zero-order valence-corrected chi connectivity index (χ0v) is 21.7. The quantitative estimate of drug-likeness (QED) is 0.416. The minimum atomic E-state index is 0.00113. The van der Waals surface area contributed by atoms with E-state index in [2.05, 4.69) is 77.1 Å². The fourth-order valence-electron chi connectivity index (χ4n) is 5.65. The van der Waals surface area contributed by atoms with Gasteiger partial charge in [-0.15, -0.1) is 0 Å². The van der Waals surface area contributed by atoms with Crippen molar-refractivity contribution in [2.75, 3.05) is 49.1 Å². The lowest BCUT2D eigenvalue weighted by Crippen LogP contribution is -2.52. The molecule has 2 saturated heterocycles. The number of piperazine rings is 1. The molecule has 0 spiro atoms. The van der Waals surface area contributed by atoms with Crippen molar-refractivity contribution in [3.05, 3.63) is 78.1 Å². The normalized spacial score (nSPS) is 18.4. The van der Waals surface area contributed by atoms with Crippen molar-refractivity contribution in [1.29, 1.82) is 0 Å². The van der Waals surface area contributed by atoms with Crippen molar-refractivity contribution >= 4 is 22.9 Å². The zero-order chi connectivity index (χ0) is 25.4. The van der Waals surface area contributed by atoms with Gasteiger partial charge in [-0.3, -0.25) is 4.79 Å². The number of rotatable bonds is 4. The van der Waals surface area contributed by atoms with Gasteiger partial charge in [-0.1, -0.05) is 30.3 Å². The second-order valence-corrected chi connectivity index (χ2v) is 10.3. The molecule has 7 heteroatoms. The van der Waals surface area contributed by atoms with Gasteiger partial charge in [0, 0.05) is 62.9 Å². The SMILES string of the molecule is Cc1ccc(-c2cc3c(N4CCC[C@H](C(=O)N5CCN(c6ccccc6)CC5)C4)nccn3n2)cc1C. The Bertz CT molecular complexity index is 1410. The number of carbonyl (C=O) groups is 1. The smallest absolute Gasteiger partial charge is 0.227 e. The summed E-state index contributed by atoms with van der Waals surface area (Å²) in [5, 5.41) is 4.84. The number of aromatic nitrogens is 3. The standard InChI is InChI=1S/C30H34N6O/c1-22-10-11-24(19-23(22)2)27-20-28-29(31-12-14-36(28)32-27)35-13-6-7-25(21-35)30(37)34-17-15-33(16-18-34)26-8-4-3-5-9-26/h3-5,8-12,14,19-20,25H,6-7,13,15-18,21H2,1-2H3/t25-/m0/s1. The van der Waals surface area contributed by atoms with Gasteiger partial charge >= 0.3 is 0 Å². The van der Waals surface area contributed by atoms with E-state index in [1.807, 2.05) is 23.0 Å². The van der Waals surface area contributed by atoms with Gasteiger partial charge in [0.25, 0.3) is 0 Å². The molecule has 0 unspecified atom stereocenters. The number of fused-ring (bicyclic) bond motifs is 1. The van der Waals surface area contributed by atoms with Gasteiger partial charge in [-0.2, -0.15) is 5.10 Å². The summed E-state index contributed by atoms with van der Waals surface area (Å²) in [6, 6.07) is 19.1. The molecule has 190 valence electrons. The molecule has 4 heterocycles. The van der Waals surface area contributed by atoms with E-state index in [1.165, 1.54) is 16.8 Å². The summed E-state index contributed by atoms with van der Waals surface area (Å²) in [7, 11) is 0. The van der Waals surface area contributed by atoms with Gasteiger partial charge in [0.15, 0.2) is 5.82 Å². The molecular formula is C30H34N6O. The molecule has 0 radical (unpaired) electrons. The van der Waals surface area contributed by atoms with E-state index in [-0.39, 0.29) is 11.8 Å². The lowest BCUT2D eigenvalue weighted by atomic mass is 9.96. The van der Waals surface area contributed by atoms with Gasteiger partial charge < -0.3 is 14.7 Å². The number of aryl methyl sites for hydroxylation is 2. The molecule has 6 rings (SSSR count). The van der Waals surface area contributed by atoms with Crippen LogP contribution in [0.15, 0.2) is 67.0 Å². The molecule has 4 aromatic rings. The van der Waals surface area contributed by atoms with Crippen LogP contribution in [0.5, 0.6) is 0 Å². The Labute approximate surface area is 218 Å². The molecule has 2 aliphatic rings. The third-order valence-electron chi connectivity index (χ3n) is 7.96. The number of benzene rings is 2. The first-order valence-corrected chi connectivity index (χ1v) is 13.3. The number of hydrogen-bond donors (Lipinski definition) is 0. The number of anilines is 2. The Morgan fingerprint density at radius 3 is 2.49 bits per heavy atom. The first-order chi connectivity index (χ1) is 18.1. The van der Waals surface area contributed by atoms with E-state index in [0.717, 1.165) is 68.2 Å². The number of carbonyl (C=O) groups excluding carboxylic acids is 1. The predicted molar refractivity (Wildman–Crippen MR) is 148 cm³/mol. The van der Waals surface area contributed by atoms with Crippen LogP contribution in [0.1, 0.15) is 24.0 Å². The van der Waals surface area contributed by atoms with Gasteiger partial charge in [-0.25, -0.2) is 9.50 Å². The average molecular weight is 495 g/mol. The van der Waals surface area contributed by atoms with Crippen molar-refractivity contribution in [2.45, 2.75) is 26.7 Å². The van der Waals surface area contributed by atoms with E-state index < -0.39 is 0 Å². The fraction of sp³-hybridized carbons (Fsp3) is 0.367. The molecule has 0 N–H and O–H groups in total. The van der Waals surface area contributed by atoms with E-state index in [1.54, 1.807) is 0 Å². The third-order valence-corrected chi connectivity index (χ3v) is 7.96. The Balaban J connectivity index is 1.17. The minimum absolute atomic E-state index is 0.00113. The second kappa shape index (κ2) is 9.88. The predicted octanol–water partition coefficient (Wildman–Crippen LogP) is 4.58. The summed E-state index contributed by atoms with van der Waals surface area (Å²) in [6.45, 7) is 9.18. The van der Waals surface area contributed by atoms with Gasteiger partial charge in [0.1, 0.15) is 5.52 Å². The highest BCUT2D eigenvalue weighted by Crippen LogP contribution is 2.30. The van der Waals surface area contributed by atoms with Gasteiger partial charge in [0.2, 0.25) is 5.91 Å². The van der Waals surface area contributed by atoms with Gasteiger partial charge in [0.05, 0.1) is 11.6 Å². The van der Waals surface area contributed by atoms with E-state index in [4.69, 9.17) is 10.1 Å². The average Bonchev–Trinajstić information content (AvgIpc) is 3.39. The molecule has 7 nitrogen and oxygen atoms in total. The third kappa shape index (κ3) is 4.66. The summed E-state index contributed by atoms with van der Waals surface area (Å²) in [5.74, 6) is 1.20. The maximum atomic E-state index is 13.5. The van der Waals surface area contributed by atoms with E-state index >= 15 is 0 Å². The molecule has 0 saturated carbocycles. The van der Waals surface area contributed by atoms with Gasteiger partial charge in [-0.05, 0) is 62.1 Å². The van der Waals surface area contributed by atoms with Crippen molar-refractivity contribution in [2.24, 2.45) is 5.92 Å². The summed E-state index contributed by atoms with van der Waals surface area (Å²) >= 11 is 0. The van der Waals surface area contributed by atoms with Crippen LogP contribution in [0.25, 0.3) is 16.8 Å². The number of piperidine rings is 1. The van der Waals surface area contributed by atoms with Crippen LogP contribution >= 0.6 is 0 Å². The second-order valence-electron chi connectivity index (χ2n) is 10.3. The number of hydrogen-bond acceptors (Lipinski definition) is 5. The van der Waals surface area contributed by atoms with Crippen LogP contribution in [0, 0.1) is 19.8 Å². The number of para-hydroxylation sites is 1. The molecule has 0 aliphatic carbocycles. The number of nitrogens with zero attached hydrogens (tertiary/aromatic N) is 6. The van der Waals surface area contributed by atoms with Crippen molar-refractivity contribution in [1.82, 2.24) is 19.5 Å². The maximum Gasteiger partial charge on any atom is 0.227 e. The lowest BCUT2D eigenvalue weighted by molar-refractivity contribution is -0.136. The highest BCUT2D eigenvalue weighted by molar-refractivity contribution is 5.81. The minimum Gasteiger partial charge on any atom is -0.368 e. The molecule has 2 aliphatic heterocycles. The molecule has 2 fully saturated rings. The maximum absolute atomic E-state index is 13.5. The van der Waals surface area contributed by atoms with Crippen molar-refractivity contribution in [3.8, 4) is 11.3 Å². The largest absolute Gasteiger partial charge is 0.368 e. The molecular weight excluding hydrogens is 460 g/mol. The zero-order valence-electron chi connectivity index (χ0n) is 21.7. The van der Waals surface area contributed by atoms with E-state index in [9.17, 15) is 4.79 Å². The molecule has 1 amide bonds.